The Hall–Kier alpha value is -0.960. The number of rotatable bonds is 1. The highest BCUT2D eigenvalue weighted by molar-refractivity contribution is 5.91. The summed E-state index contributed by atoms with van der Waals surface area (Å²) in [7, 11) is 0. The van der Waals surface area contributed by atoms with Gasteiger partial charge in [0.15, 0.2) is 5.78 Å². The molecule has 1 N–H and O–H groups in total. The summed E-state index contributed by atoms with van der Waals surface area (Å²) >= 11 is 0. The summed E-state index contributed by atoms with van der Waals surface area (Å²) in [5, 5.41) is 10.9. The Labute approximate surface area is 132 Å². The predicted molar refractivity (Wildman–Crippen MR) is 83.1 cm³/mol. The Bertz CT molecular complexity index is 549. The van der Waals surface area contributed by atoms with E-state index >= 15 is 0 Å². The zero-order valence-corrected chi connectivity index (χ0v) is 13.4. The van der Waals surface area contributed by atoms with Gasteiger partial charge in [-0.1, -0.05) is 12.5 Å². The van der Waals surface area contributed by atoms with Crippen LogP contribution < -0.4 is 0 Å². The molecule has 3 saturated carbocycles. The number of hydrogen-bond acceptors (Lipinski definition) is 3. The molecular formula is C19H26O3. The van der Waals surface area contributed by atoms with Crippen LogP contribution in [0.4, 0.5) is 0 Å². The minimum Gasteiger partial charge on any atom is -0.393 e. The molecule has 4 rings (SSSR count). The van der Waals surface area contributed by atoms with Gasteiger partial charge in [-0.15, -0.1) is 0 Å². The smallest absolute Gasteiger partial charge is 0.155 e. The molecule has 0 aromatic carbocycles. The lowest BCUT2D eigenvalue weighted by Gasteiger charge is -2.54. The van der Waals surface area contributed by atoms with Crippen molar-refractivity contribution >= 4 is 11.6 Å². The Morgan fingerprint density at radius 1 is 1.18 bits per heavy atom. The molecule has 0 spiro atoms. The van der Waals surface area contributed by atoms with E-state index in [9.17, 15) is 14.7 Å². The first-order valence-electron chi connectivity index (χ1n) is 9.01. The molecule has 0 aromatic rings. The van der Waals surface area contributed by atoms with Crippen molar-refractivity contribution in [2.45, 2.75) is 64.4 Å². The van der Waals surface area contributed by atoms with Gasteiger partial charge in [-0.3, -0.25) is 9.59 Å². The van der Waals surface area contributed by atoms with Gasteiger partial charge in [0.1, 0.15) is 5.78 Å². The second-order valence-corrected chi connectivity index (χ2v) is 7.96. The van der Waals surface area contributed by atoms with Gasteiger partial charge in [-0.2, -0.15) is 0 Å². The monoisotopic (exact) mass is 302 g/mol. The van der Waals surface area contributed by atoms with Crippen LogP contribution in [0.1, 0.15) is 58.3 Å². The number of carbonyl (C=O) groups excluding carboxylic acids is 2. The van der Waals surface area contributed by atoms with Crippen molar-refractivity contribution in [2.24, 2.45) is 29.1 Å². The molecule has 0 amide bonds. The number of hydrogen-bond donors (Lipinski definition) is 1. The maximum atomic E-state index is 12.5. The van der Waals surface area contributed by atoms with Crippen LogP contribution in [-0.2, 0) is 9.59 Å². The van der Waals surface area contributed by atoms with Crippen molar-refractivity contribution in [1.82, 2.24) is 0 Å². The first-order valence-corrected chi connectivity index (χ1v) is 9.01. The third kappa shape index (κ3) is 1.84. The molecule has 0 saturated heterocycles. The summed E-state index contributed by atoms with van der Waals surface area (Å²) in [5.41, 5.74) is 1.04. The van der Waals surface area contributed by atoms with Gasteiger partial charge in [-0.25, -0.2) is 0 Å². The third-order valence-electron chi connectivity index (χ3n) is 7.36. The van der Waals surface area contributed by atoms with E-state index in [0.717, 1.165) is 32.1 Å². The summed E-state index contributed by atoms with van der Waals surface area (Å²) < 4.78 is 0. The molecule has 1 unspecified atom stereocenters. The van der Waals surface area contributed by atoms with Crippen molar-refractivity contribution in [1.29, 1.82) is 0 Å². The van der Waals surface area contributed by atoms with E-state index in [-0.39, 0.29) is 23.2 Å². The van der Waals surface area contributed by atoms with Gasteiger partial charge in [-0.05, 0) is 68.3 Å². The first kappa shape index (κ1) is 14.6. The predicted octanol–water partition coefficient (Wildman–Crippen LogP) is 3.06. The largest absolute Gasteiger partial charge is 0.393 e. The topological polar surface area (TPSA) is 54.4 Å². The number of aliphatic hydroxyl groups is 1. The lowest BCUT2D eigenvalue weighted by Crippen LogP contribution is -2.54. The molecule has 3 fully saturated rings. The van der Waals surface area contributed by atoms with Gasteiger partial charge in [0.2, 0.25) is 0 Å². The van der Waals surface area contributed by atoms with Crippen LogP contribution in [0, 0.1) is 29.1 Å². The molecule has 0 bridgehead atoms. The van der Waals surface area contributed by atoms with Gasteiger partial charge in [0, 0.05) is 18.3 Å². The van der Waals surface area contributed by atoms with Crippen molar-refractivity contribution in [3.05, 3.63) is 11.6 Å². The second kappa shape index (κ2) is 5.02. The van der Waals surface area contributed by atoms with E-state index in [1.165, 1.54) is 5.57 Å². The Morgan fingerprint density at radius 3 is 2.77 bits per heavy atom. The first-order chi connectivity index (χ1) is 10.6. The normalized spacial score (nSPS) is 47.5. The maximum Gasteiger partial charge on any atom is 0.155 e. The van der Waals surface area contributed by atoms with Crippen molar-refractivity contribution < 1.29 is 14.7 Å². The van der Waals surface area contributed by atoms with Crippen molar-refractivity contribution in [3.63, 3.8) is 0 Å². The van der Waals surface area contributed by atoms with Crippen LogP contribution in [0.3, 0.4) is 0 Å². The van der Waals surface area contributed by atoms with Gasteiger partial charge >= 0.3 is 0 Å². The molecule has 22 heavy (non-hydrogen) atoms. The van der Waals surface area contributed by atoms with E-state index in [2.05, 4.69) is 6.92 Å². The minimum absolute atomic E-state index is 0.244. The molecule has 4 aliphatic rings. The summed E-state index contributed by atoms with van der Waals surface area (Å²) in [5.74, 6) is 2.27. The SMILES string of the molecule is CC[C@]12C[C@@H](O)C3[C@@H](CCC4=CC(=O)CC[C@@H]43)[C@@H]1CCC2=O. The fraction of sp³-hybridized carbons (Fsp3) is 0.789. The van der Waals surface area contributed by atoms with Crippen LogP contribution in [0.25, 0.3) is 0 Å². The molecule has 4 aliphatic carbocycles. The van der Waals surface area contributed by atoms with Crippen LogP contribution >= 0.6 is 0 Å². The van der Waals surface area contributed by atoms with Crippen LogP contribution in [0.2, 0.25) is 0 Å². The number of aliphatic hydroxyl groups excluding tert-OH is 1. The highest BCUT2D eigenvalue weighted by Crippen LogP contribution is 2.61. The van der Waals surface area contributed by atoms with Gasteiger partial charge < -0.3 is 5.11 Å². The Morgan fingerprint density at radius 2 is 2.00 bits per heavy atom. The van der Waals surface area contributed by atoms with Crippen molar-refractivity contribution in [2.75, 3.05) is 0 Å². The molecule has 0 aromatic heterocycles. The summed E-state index contributed by atoms with van der Waals surface area (Å²) in [6, 6.07) is 0. The zero-order chi connectivity index (χ0) is 15.5. The second-order valence-electron chi connectivity index (χ2n) is 7.96. The minimum atomic E-state index is -0.370. The maximum absolute atomic E-state index is 12.5. The van der Waals surface area contributed by atoms with E-state index in [0.29, 0.717) is 42.8 Å². The van der Waals surface area contributed by atoms with E-state index < -0.39 is 0 Å². The average molecular weight is 302 g/mol. The summed E-state index contributed by atoms with van der Waals surface area (Å²) in [4.78, 5) is 24.2. The Balaban J connectivity index is 1.70. The van der Waals surface area contributed by atoms with Crippen LogP contribution in [-0.4, -0.2) is 22.8 Å². The van der Waals surface area contributed by atoms with Gasteiger partial charge in [0.05, 0.1) is 6.10 Å². The van der Waals surface area contributed by atoms with Gasteiger partial charge in [0.25, 0.3) is 0 Å². The highest BCUT2D eigenvalue weighted by Gasteiger charge is 2.60. The van der Waals surface area contributed by atoms with E-state index in [1.54, 1.807) is 0 Å². The molecule has 0 heterocycles. The van der Waals surface area contributed by atoms with E-state index in [1.807, 2.05) is 6.08 Å². The number of Topliss-reactive ketones (excluding diaryl/α,β-unsaturated/α-hetero) is 1. The standard InChI is InChI=1S/C19H26O3/c1-2-19-10-16(21)18-13-6-4-12(20)9-11(13)3-5-14(18)15(19)7-8-17(19)22/h9,13-16,18,21H,2-8,10H2,1H3/t13-,14-,15-,16+,18?,19-/m0/s1. The molecule has 0 aliphatic heterocycles. The fourth-order valence-corrected chi connectivity index (χ4v) is 6.43. The molecule has 120 valence electrons. The molecule has 6 atom stereocenters. The zero-order valence-electron chi connectivity index (χ0n) is 13.4. The van der Waals surface area contributed by atoms with Crippen LogP contribution in [0.15, 0.2) is 11.6 Å². The molecule has 3 heteroatoms. The lowest BCUT2D eigenvalue weighted by molar-refractivity contribution is -0.143. The third-order valence-corrected chi connectivity index (χ3v) is 7.36. The Kier molecular flexibility index (Phi) is 3.34. The molecule has 3 nitrogen and oxygen atoms in total. The molecular weight excluding hydrogens is 276 g/mol. The number of carbonyl (C=O) groups is 2. The number of fused-ring (bicyclic) bond motifs is 5. The fourth-order valence-electron chi connectivity index (χ4n) is 6.43. The number of allylic oxidation sites excluding steroid dienone is 1. The summed E-state index contributed by atoms with van der Waals surface area (Å²) in [6.07, 6.45) is 8.34. The number of ketones is 2. The lowest BCUT2D eigenvalue weighted by atomic mass is 9.50. The quantitative estimate of drug-likeness (QED) is 0.810. The molecule has 0 radical (unpaired) electrons. The highest BCUT2D eigenvalue weighted by atomic mass is 16.3. The van der Waals surface area contributed by atoms with Crippen molar-refractivity contribution in [3.8, 4) is 0 Å². The van der Waals surface area contributed by atoms with E-state index in [4.69, 9.17) is 0 Å². The average Bonchev–Trinajstić information content (AvgIpc) is 2.84. The van der Waals surface area contributed by atoms with Crippen LogP contribution in [0.5, 0.6) is 0 Å². The summed E-state index contributed by atoms with van der Waals surface area (Å²) in [6.45, 7) is 2.12.